The number of hydrogen-bond donors (Lipinski definition) is 0. The standard InChI is InChI=1S/C46H27N3O3/c1-3-10-40-35(6-1)39-26-32(20-21-42(39)50-40)49(30-16-12-28(13-17-30)33-8-5-9-37-36-22-24-47-27-43(36)52-45(33)37)31-18-14-29(15-19-31)34-23-25-48-44-38-7-2-4-11-41(38)51-46(34)44/h1-27H. The van der Waals surface area contributed by atoms with E-state index < -0.39 is 0 Å². The average molecular weight is 670 g/mol. The number of rotatable bonds is 5. The maximum atomic E-state index is 6.32. The number of aromatic nitrogens is 2. The van der Waals surface area contributed by atoms with Crippen LogP contribution in [0, 0.1) is 0 Å². The number of nitrogens with zero attached hydrogens (tertiary/aromatic N) is 3. The highest BCUT2D eigenvalue weighted by atomic mass is 16.3. The van der Waals surface area contributed by atoms with E-state index in [4.69, 9.17) is 13.3 Å². The van der Waals surface area contributed by atoms with Crippen molar-refractivity contribution in [2.24, 2.45) is 0 Å². The van der Waals surface area contributed by atoms with Gasteiger partial charge in [-0.2, -0.15) is 0 Å². The summed E-state index contributed by atoms with van der Waals surface area (Å²) in [5.41, 5.74) is 13.1. The number of para-hydroxylation sites is 3. The van der Waals surface area contributed by atoms with E-state index in [-0.39, 0.29) is 0 Å². The maximum absolute atomic E-state index is 6.32. The molecule has 5 heterocycles. The van der Waals surface area contributed by atoms with Gasteiger partial charge < -0.3 is 18.2 Å². The van der Waals surface area contributed by atoms with Crippen molar-refractivity contribution in [1.29, 1.82) is 0 Å². The molecule has 6 nitrogen and oxygen atoms in total. The SMILES string of the molecule is c1ccc2c(c1)oc1ccc(N(c3ccc(-c4cccc5c4oc4cnccc45)cc3)c3ccc(-c4ccnc5c4oc4ccccc45)cc3)cc12. The molecular formula is C46H27N3O3. The quantitative estimate of drug-likeness (QED) is 0.182. The molecule has 11 aromatic rings. The molecule has 0 amide bonds. The molecular weight excluding hydrogens is 643 g/mol. The first-order valence-electron chi connectivity index (χ1n) is 17.2. The second kappa shape index (κ2) is 11.2. The molecule has 0 bridgehead atoms. The first-order chi connectivity index (χ1) is 25.8. The minimum absolute atomic E-state index is 0.783. The van der Waals surface area contributed by atoms with Crippen LogP contribution in [0.1, 0.15) is 0 Å². The molecule has 52 heavy (non-hydrogen) atoms. The first-order valence-corrected chi connectivity index (χ1v) is 17.2. The smallest absolute Gasteiger partial charge is 0.161 e. The van der Waals surface area contributed by atoms with Crippen molar-refractivity contribution in [3.05, 3.63) is 164 Å². The summed E-state index contributed by atoms with van der Waals surface area (Å²) in [6.07, 6.45) is 5.44. The normalized spacial score (nSPS) is 11.8. The minimum Gasteiger partial charge on any atom is -0.456 e. The Bertz CT molecular complexity index is 2980. The topological polar surface area (TPSA) is 68.4 Å². The van der Waals surface area contributed by atoms with Gasteiger partial charge in [0.25, 0.3) is 0 Å². The lowest BCUT2D eigenvalue weighted by Crippen LogP contribution is -2.09. The Labute approximate surface area is 296 Å². The molecule has 6 heteroatoms. The molecule has 0 atom stereocenters. The van der Waals surface area contributed by atoms with Crippen LogP contribution in [0.2, 0.25) is 0 Å². The average Bonchev–Trinajstić information content (AvgIpc) is 3.90. The Morgan fingerprint density at radius 2 is 1.02 bits per heavy atom. The molecule has 0 saturated carbocycles. The van der Waals surface area contributed by atoms with Crippen molar-refractivity contribution in [2.45, 2.75) is 0 Å². The Morgan fingerprint density at radius 1 is 0.404 bits per heavy atom. The Balaban J connectivity index is 1.04. The van der Waals surface area contributed by atoms with E-state index >= 15 is 0 Å². The van der Waals surface area contributed by atoms with Gasteiger partial charge in [0.2, 0.25) is 0 Å². The first kappa shape index (κ1) is 28.6. The van der Waals surface area contributed by atoms with Gasteiger partial charge in [-0.3, -0.25) is 9.97 Å². The fourth-order valence-electron chi connectivity index (χ4n) is 7.59. The lowest BCUT2D eigenvalue weighted by molar-refractivity contribution is 0.668. The van der Waals surface area contributed by atoms with E-state index in [2.05, 4.69) is 118 Å². The van der Waals surface area contributed by atoms with Crippen molar-refractivity contribution < 1.29 is 13.3 Å². The fraction of sp³-hybridized carbons (Fsp3) is 0. The van der Waals surface area contributed by atoms with Crippen LogP contribution in [-0.2, 0) is 0 Å². The van der Waals surface area contributed by atoms with Gasteiger partial charge in [0.05, 0.1) is 6.20 Å². The van der Waals surface area contributed by atoms with E-state index in [9.17, 15) is 0 Å². The van der Waals surface area contributed by atoms with Gasteiger partial charge in [-0.1, -0.05) is 72.8 Å². The number of benzene rings is 6. The summed E-state index contributed by atoms with van der Waals surface area (Å²) in [7, 11) is 0. The minimum atomic E-state index is 0.783. The van der Waals surface area contributed by atoms with Crippen LogP contribution in [0.4, 0.5) is 17.1 Å². The van der Waals surface area contributed by atoms with Crippen molar-refractivity contribution in [3.8, 4) is 22.3 Å². The third-order valence-corrected chi connectivity index (χ3v) is 10.1. The van der Waals surface area contributed by atoms with Gasteiger partial charge in [-0.15, -0.1) is 0 Å². The van der Waals surface area contributed by atoms with Gasteiger partial charge in [0, 0.05) is 67.5 Å². The molecule has 11 rings (SSSR count). The third kappa shape index (κ3) is 4.38. The number of fused-ring (bicyclic) bond motifs is 9. The van der Waals surface area contributed by atoms with E-state index in [0.717, 1.165) is 105 Å². The summed E-state index contributed by atoms with van der Waals surface area (Å²) < 4.78 is 18.8. The predicted octanol–water partition coefficient (Wildman–Crippen LogP) is 13.0. The summed E-state index contributed by atoms with van der Waals surface area (Å²) in [6, 6.07) is 50.3. The Morgan fingerprint density at radius 3 is 1.81 bits per heavy atom. The van der Waals surface area contributed by atoms with Gasteiger partial charge in [0.15, 0.2) is 11.2 Å². The number of pyridine rings is 2. The highest BCUT2D eigenvalue weighted by Crippen LogP contribution is 2.42. The van der Waals surface area contributed by atoms with Crippen LogP contribution in [0.3, 0.4) is 0 Å². The summed E-state index contributed by atoms with van der Waals surface area (Å²) in [5.74, 6) is 0. The van der Waals surface area contributed by atoms with Crippen LogP contribution in [0.5, 0.6) is 0 Å². The van der Waals surface area contributed by atoms with Crippen LogP contribution >= 0.6 is 0 Å². The maximum Gasteiger partial charge on any atom is 0.161 e. The summed E-state index contributed by atoms with van der Waals surface area (Å²) in [5, 5.41) is 5.32. The van der Waals surface area contributed by atoms with Crippen LogP contribution in [0.25, 0.3) is 88.2 Å². The van der Waals surface area contributed by atoms with E-state index in [1.54, 1.807) is 12.4 Å². The molecule has 0 spiro atoms. The summed E-state index contributed by atoms with van der Waals surface area (Å²) in [6.45, 7) is 0. The molecule has 5 aromatic heterocycles. The van der Waals surface area contributed by atoms with E-state index in [0.29, 0.717) is 0 Å². The fourth-order valence-corrected chi connectivity index (χ4v) is 7.59. The van der Waals surface area contributed by atoms with E-state index in [1.807, 2.05) is 48.7 Å². The Hall–Kier alpha value is -7.18. The molecule has 0 aliphatic heterocycles. The molecule has 244 valence electrons. The van der Waals surface area contributed by atoms with Gasteiger partial charge in [0.1, 0.15) is 27.8 Å². The second-order valence-corrected chi connectivity index (χ2v) is 13.0. The Kier molecular flexibility index (Phi) is 6.15. The largest absolute Gasteiger partial charge is 0.456 e. The lowest BCUT2D eigenvalue weighted by Gasteiger charge is -2.26. The molecule has 0 N–H and O–H groups in total. The number of furan rings is 3. The second-order valence-electron chi connectivity index (χ2n) is 13.0. The zero-order valence-corrected chi connectivity index (χ0v) is 27.7. The molecule has 0 fully saturated rings. The third-order valence-electron chi connectivity index (χ3n) is 10.1. The molecule has 0 aliphatic carbocycles. The summed E-state index contributed by atoms with van der Waals surface area (Å²) in [4.78, 5) is 11.2. The zero-order chi connectivity index (χ0) is 34.2. The number of anilines is 3. The lowest BCUT2D eigenvalue weighted by atomic mass is 10.0. The van der Waals surface area contributed by atoms with Gasteiger partial charge in [-0.25, -0.2) is 0 Å². The highest BCUT2D eigenvalue weighted by molar-refractivity contribution is 6.10. The van der Waals surface area contributed by atoms with Crippen LogP contribution in [0.15, 0.2) is 177 Å². The molecule has 6 aromatic carbocycles. The van der Waals surface area contributed by atoms with E-state index in [1.165, 1.54) is 0 Å². The van der Waals surface area contributed by atoms with Crippen molar-refractivity contribution in [1.82, 2.24) is 9.97 Å². The summed E-state index contributed by atoms with van der Waals surface area (Å²) >= 11 is 0. The molecule has 0 radical (unpaired) electrons. The van der Waals surface area contributed by atoms with Gasteiger partial charge >= 0.3 is 0 Å². The molecule has 0 unspecified atom stereocenters. The van der Waals surface area contributed by atoms with Crippen LogP contribution < -0.4 is 4.90 Å². The number of hydrogen-bond acceptors (Lipinski definition) is 6. The predicted molar refractivity (Wildman–Crippen MR) is 209 cm³/mol. The van der Waals surface area contributed by atoms with Gasteiger partial charge in [-0.05, 0) is 83.9 Å². The van der Waals surface area contributed by atoms with Crippen molar-refractivity contribution >= 4 is 83.0 Å². The van der Waals surface area contributed by atoms with Crippen molar-refractivity contribution in [2.75, 3.05) is 4.90 Å². The molecule has 0 saturated heterocycles. The molecule has 0 aliphatic rings. The highest BCUT2D eigenvalue weighted by Gasteiger charge is 2.19. The zero-order valence-electron chi connectivity index (χ0n) is 27.7. The van der Waals surface area contributed by atoms with Crippen LogP contribution in [-0.4, -0.2) is 9.97 Å². The van der Waals surface area contributed by atoms with Crippen molar-refractivity contribution in [3.63, 3.8) is 0 Å². The monoisotopic (exact) mass is 669 g/mol.